The molecule has 0 fully saturated rings. The molecule has 1 aromatic rings. The van der Waals surface area contributed by atoms with Crippen LogP contribution in [0.25, 0.3) is 0 Å². The van der Waals surface area contributed by atoms with Crippen LogP contribution < -0.4 is 15.2 Å². The van der Waals surface area contributed by atoms with E-state index in [-0.39, 0.29) is 30.3 Å². The average molecular weight is 540 g/mol. The third-order valence-corrected chi connectivity index (χ3v) is 5.02. The van der Waals surface area contributed by atoms with Gasteiger partial charge >= 0.3 is 24.2 Å². The third-order valence-electron chi connectivity index (χ3n) is 5.02. The molecule has 0 aliphatic heterocycles. The first-order chi connectivity index (χ1) is 17.7. The molecule has 3 atom stereocenters. The van der Waals surface area contributed by atoms with Gasteiger partial charge in [-0.05, 0) is 78.0 Å². The van der Waals surface area contributed by atoms with Gasteiger partial charge in [0, 0.05) is 6.42 Å². The van der Waals surface area contributed by atoms with Crippen molar-refractivity contribution in [1.82, 2.24) is 0 Å². The summed E-state index contributed by atoms with van der Waals surface area (Å²) in [6, 6.07) is 3.26. The Morgan fingerprint density at radius 3 is 1.79 bits per heavy atom. The average Bonchev–Trinajstić information content (AvgIpc) is 2.78. The highest BCUT2D eigenvalue weighted by molar-refractivity contribution is 5.76. The molecule has 0 radical (unpaired) electrons. The molecule has 38 heavy (non-hydrogen) atoms. The minimum atomic E-state index is -1.07. The first-order valence-corrected chi connectivity index (χ1v) is 12.7. The number of esters is 2. The molecule has 0 bridgehead atoms. The predicted octanol–water partition coefficient (Wildman–Crippen LogP) is 4.70. The van der Waals surface area contributed by atoms with Crippen molar-refractivity contribution in [2.24, 2.45) is 11.7 Å². The molecule has 214 valence electrons. The second-order valence-corrected chi connectivity index (χ2v) is 9.90. The minimum absolute atomic E-state index is 0.0143. The SMILES string of the molecule is CC(C)CCC(=O)O[C@@H](C)[C@H](C)OC(=O)[C@@H](N)Cc1ccc(OC(=O)OC(C)C)c(OC(=O)OC(C)C)c1. The van der Waals surface area contributed by atoms with E-state index in [0.29, 0.717) is 17.9 Å². The van der Waals surface area contributed by atoms with Gasteiger partial charge in [-0.2, -0.15) is 0 Å². The van der Waals surface area contributed by atoms with Crippen molar-refractivity contribution in [2.75, 3.05) is 0 Å². The van der Waals surface area contributed by atoms with Crippen LogP contribution in [0.1, 0.15) is 73.8 Å². The molecular weight excluding hydrogens is 498 g/mol. The number of benzene rings is 1. The monoisotopic (exact) mass is 539 g/mol. The van der Waals surface area contributed by atoms with Gasteiger partial charge in [0.05, 0.1) is 12.2 Å². The van der Waals surface area contributed by atoms with Gasteiger partial charge < -0.3 is 34.2 Å². The van der Waals surface area contributed by atoms with E-state index in [4.69, 9.17) is 34.2 Å². The molecule has 2 N–H and O–H groups in total. The van der Waals surface area contributed by atoms with Crippen molar-refractivity contribution in [3.05, 3.63) is 23.8 Å². The Morgan fingerprint density at radius 2 is 1.26 bits per heavy atom. The third kappa shape index (κ3) is 12.8. The second-order valence-electron chi connectivity index (χ2n) is 9.90. The Labute approximate surface area is 224 Å². The van der Waals surface area contributed by atoms with Crippen LogP contribution in [0.2, 0.25) is 0 Å². The summed E-state index contributed by atoms with van der Waals surface area (Å²) in [5, 5.41) is 0. The zero-order valence-corrected chi connectivity index (χ0v) is 23.5. The zero-order valence-electron chi connectivity index (χ0n) is 23.5. The molecule has 1 aromatic carbocycles. The molecule has 0 aliphatic rings. The van der Waals surface area contributed by atoms with Gasteiger partial charge in [-0.1, -0.05) is 19.9 Å². The summed E-state index contributed by atoms with van der Waals surface area (Å²) in [6.07, 6.45) is -3.22. The Bertz CT molecular complexity index is 944. The summed E-state index contributed by atoms with van der Waals surface area (Å²) >= 11 is 0. The summed E-state index contributed by atoms with van der Waals surface area (Å²) in [5.74, 6) is -0.901. The van der Waals surface area contributed by atoms with Crippen LogP contribution in [0.4, 0.5) is 9.59 Å². The Balaban J connectivity index is 2.87. The lowest BCUT2D eigenvalue weighted by molar-refractivity contribution is -0.166. The van der Waals surface area contributed by atoms with Crippen LogP contribution in [0.3, 0.4) is 0 Å². The van der Waals surface area contributed by atoms with E-state index in [1.54, 1.807) is 47.6 Å². The lowest BCUT2D eigenvalue weighted by Crippen LogP contribution is -2.39. The molecule has 0 saturated heterocycles. The maximum atomic E-state index is 12.6. The molecule has 0 aromatic heterocycles. The fraction of sp³-hybridized carbons (Fsp3) is 0.630. The number of carbonyl (C=O) groups excluding carboxylic acids is 4. The van der Waals surface area contributed by atoms with E-state index in [2.05, 4.69) is 0 Å². The molecule has 11 nitrogen and oxygen atoms in total. The first kappa shape index (κ1) is 32.7. The maximum Gasteiger partial charge on any atom is 0.514 e. The van der Waals surface area contributed by atoms with Crippen molar-refractivity contribution < 1.29 is 47.6 Å². The molecule has 0 heterocycles. The quantitative estimate of drug-likeness (QED) is 0.211. The summed E-state index contributed by atoms with van der Waals surface area (Å²) in [7, 11) is 0. The van der Waals surface area contributed by atoms with Crippen molar-refractivity contribution in [2.45, 2.75) is 105 Å². The van der Waals surface area contributed by atoms with Crippen LogP contribution in [-0.4, -0.2) is 54.7 Å². The Hall–Kier alpha value is -3.34. The highest BCUT2D eigenvalue weighted by Gasteiger charge is 2.25. The largest absolute Gasteiger partial charge is 0.514 e. The number of nitrogens with two attached hydrogens (primary N) is 1. The van der Waals surface area contributed by atoms with E-state index in [1.807, 2.05) is 13.8 Å². The van der Waals surface area contributed by atoms with Crippen LogP contribution >= 0.6 is 0 Å². The number of carbonyl (C=O) groups is 4. The highest BCUT2D eigenvalue weighted by atomic mass is 16.7. The van der Waals surface area contributed by atoms with E-state index in [0.717, 1.165) is 0 Å². The van der Waals surface area contributed by atoms with Gasteiger partial charge in [0.25, 0.3) is 0 Å². The predicted molar refractivity (Wildman–Crippen MR) is 138 cm³/mol. The molecule has 0 aliphatic carbocycles. The molecule has 1 rings (SSSR count). The molecule has 0 unspecified atom stereocenters. The van der Waals surface area contributed by atoms with Crippen LogP contribution in [-0.2, 0) is 35.0 Å². The normalized spacial score (nSPS) is 13.5. The van der Waals surface area contributed by atoms with Crippen molar-refractivity contribution in [3.8, 4) is 11.5 Å². The van der Waals surface area contributed by atoms with Crippen LogP contribution in [0, 0.1) is 5.92 Å². The van der Waals surface area contributed by atoms with Crippen molar-refractivity contribution in [1.29, 1.82) is 0 Å². The van der Waals surface area contributed by atoms with Crippen molar-refractivity contribution >= 4 is 24.2 Å². The second kappa shape index (κ2) is 15.8. The molecular formula is C27H41NO10. The van der Waals surface area contributed by atoms with Crippen LogP contribution in [0.15, 0.2) is 18.2 Å². The zero-order chi connectivity index (χ0) is 29.0. The van der Waals surface area contributed by atoms with Crippen molar-refractivity contribution in [3.63, 3.8) is 0 Å². The maximum absolute atomic E-state index is 12.6. The van der Waals surface area contributed by atoms with E-state index in [9.17, 15) is 19.2 Å². The molecule has 0 saturated carbocycles. The highest BCUT2D eigenvalue weighted by Crippen LogP contribution is 2.30. The fourth-order valence-electron chi connectivity index (χ4n) is 2.93. The van der Waals surface area contributed by atoms with Gasteiger partial charge in [0.1, 0.15) is 18.2 Å². The number of hydrogen-bond donors (Lipinski definition) is 1. The van der Waals surface area contributed by atoms with Gasteiger partial charge in [-0.15, -0.1) is 0 Å². The smallest absolute Gasteiger partial charge is 0.459 e. The van der Waals surface area contributed by atoms with E-state index in [1.165, 1.54) is 12.1 Å². The van der Waals surface area contributed by atoms with E-state index < -0.39 is 48.7 Å². The summed E-state index contributed by atoms with van der Waals surface area (Å²) in [5.41, 5.74) is 6.54. The number of ether oxygens (including phenoxy) is 6. The van der Waals surface area contributed by atoms with Gasteiger partial charge in [-0.3, -0.25) is 9.59 Å². The first-order valence-electron chi connectivity index (χ1n) is 12.7. The number of hydrogen-bond acceptors (Lipinski definition) is 11. The summed E-state index contributed by atoms with van der Waals surface area (Å²) < 4.78 is 31.1. The van der Waals surface area contributed by atoms with Gasteiger partial charge in [0.15, 0.2) is 11.5 Å². The molecule has 0 amide bonds. The molecule has 11 heteroatoms. The van der Waals surface area contributed by atoms with Gasteiger partial charge in [-0.25, -0.2) is 9.59 Å². The summed E-state index contributed by atoms with van der Waals surface area (Å²) in [6.45, 7) is 13.9. The fourth-order valence-corrected chi connectivity index (χ4v) is 2.93. The molecule has 0 spiro atoms. The van der Waals surface area contributed by atoms with Gasteiger partial charge in [0.2, 0.25) is 0 Å². The standard InChI is InChI=1S/C27H41NO10/c1-15(2)9-12-24(29)35-18(7)19(8)36-25(30)21(28)13-20-10-11-22(37-26(31)33-16(3)4)23(14-20)38-27(32)34-17(5)6/h10-11,14-19,21H,9,12-13,28H2,1-8H3/t18-,19-,21-/m0/s1. The minimum Gasteiger partial charge on any atom is -0.459 e. The topological polar surface area (TPSA) is 150 Å². The lowest BCUT2D eigenvalue weighted by atomic mass is 10.1. The summed E-state index contributed by atoms with van der Waals surface area (Å²) in [4.78, 5) is 48.6. The Morgan fingerprint density at radius 1 is 0.737 bits per heavy atom. The Kier molecular flexibility index (Phi) is 13.6. The van der Waals surface area contributed by atoms with E-state index >= 15 is 0 Å². The number of rotatable bonds is 13. The van der Waals surface area contributed by atoms with Crippen LogP contribution in [0.5, 0.6) is 11.5 Å². The lowest BCUT2D eigenvalue weighted by Gasteiger charge is -2.22.